The van der Waals surface area contributed by atoms with Crippen molar-refractivity contribution in [3.8, 4) is 11.5 Å². The summed E-state index contributed by atoms with van der Waals surface area (Å²) in [6, 6.07) is 17.2. The van der Waals surface area contributed by atoms with Crippen LogP contribution in [0.25, 0.3) is 10.9 Å². The lowest BCUT2D eigenvalue weighted by molar-refractivity contribution is 0.354. The number of aryl methyl sites for hydroxylation is 1. The Bertz CT molecular complexity index is 854. The van der Waals surface area contributed by atoms with Crippen molar-refractivity contribution in [1.29, 1.82) is 0 Å². The van der Waals surface area contributed by atoms with E-state index in [1.807, 2.05) is 12.1 Å². The van der Waals surface area contributed by atoms with Crippen molar-refractivity contribution in [3.63, 3.8) is 0 Å². The second kappa shape index (κ2) is 7.62. The third-order valence-electron chi connectivity index (χ3n) is 4.67. The number of aromatic nitrogens is 1. The SMILES string of the molecule is COc1ccc(CC(C)NCc2cc3ccccc3n2C)cc1OC. The van der Waals surface area contributed by atoms with E-state index in [2.05, 4.69) is 60.3 Å². The Kier molecular flexibility index (Phi) is 5.29. The highest BCUT2D eigenvalue weighted by Crippen LogP contribution is 2.28. The number of nitrogens with zero attached hydrogens (tertiary/aromatic N) is 1. The van der Waals surface area contributed by atoms with Gasteiger partial charge in [0.25, 0.3) is 0 Å². The van der Waals surface area contributed by atoms with E-state index in [4.69, 9.17) is 9.47 Å². The summed E-state index contributed by atoms with van der Waals surface area (Å²) in [5.74, 6) is 1.54. The van der Waals surface area contributed by atoms with Crippen LogP contribution in [-0.4, -0.2) is 24.8 Å². The van der Waals surface area contributed by atoms with Crippen LogP contribution in [0.4, 0.5) is 0 Å². The lowest BCUT2D eigenvalue weighted by atomic mass is 10.1. The molecule has 0 aliphatic carbocycles. The second-order valence-electron chi connectivity index (χ2n) is 6.43. The van der Waals surface area contributed by atoms with Gasteiger partial charge in [0.2, 0.25) is 0 Å². The number of para-hydroxylation sites is 1. The molecule has 0 aliphatic rings. The minimum atomic E-state index is 0.358. The molecule has 0 fully saturated rings. The molecule has 1 N–H and O–H groups in total. The zero-order valence-corrected chi connectivity index (χ0v) is 15.4. The maximum atomic E-state index is 5.39. The molecule has 132 valence electrons. The largest absolute Gasteiger partial charge is 0.493 e. The maximum absolute atomic E-state index is 5.39. The van der Waals surface area contributed by atoms with Crippen LogP contribution >= 0.6 is 0 Å². The minimum absolute atomic E-state index is 0.358. The van der Waals surface area contributed by atoms with E-state index in [9.17, 15) is 0 Å². The fourth-order valence-electron chi connectivity index (χ4n) is 3.23. The van der Waals surface area contributed by atoms with Crippen LogP contribution in [0.5, 0.6) is 11.5 Å². The summed E-state index contributed by atoms with van der Waals surface area (Å²) in [5.41, 5.74) is 3.79. The van der Waals surface area contributed by atoms with Crippen LogP contribution in [0.1, 0.15) is 18.2 Å². The zero-order valence-electron chi connectivity index (χ0n) is 15.4. The molecular weight excluding hydrogens is 312 g/mol. The van der Waals surface area contributed by atoms with Crippen LogP contribution < -0.4 is 14.8 Å². The molecule has 1 aromatic heterocycles. The van der Waals surface area contributed by atoms with E-state index < -0.39 is 0 Å². The Morgan fingerprint density at radius 3 is 2.48 bits per heavy atom. The summed E-state index contributed by atoms with van der Waals surface area (Å²) in [4.78, 5) is 0. The second-order valence-corrected chi connectivity index (χ2v) is 6.43. The van der Waals surface area contributed by atoms with Gasteiger partial charge in [-0.2, -0.15) is 0 Å². The molecule has 0 spiro atoms. The molecule has 3 rings (SSSR count). The number of methoxy groups -OCH3 is 2. The molecule has 4 nitrogen and oxygen atoms in total. The van der Waals surface area contributed by atoms with Crippen LogP contribution in [0.15, 0.2) is 48.5 Å². The Morgan fingerprint density at radius 2 is 1.76 bits per heavy atom. The van der Waals surface area contributed by atoms with E-state index in [1.54, 1.807) is 14.2 Å². The van der Waals surface area contributed by atoms with Gasteiger partial charge in [0.15, 0.2) is 11.5 Å². The number of hydrogen-bond donors (Lipinski definition) is 1. The highest BCUT2D eigenvalue weighted by Gasteiger charge is 2.10. The van der Waals surface area contributed by atoms with E-state index in [-0.39, 0.29) is 0 Å². The number of fused-ring (bicyclic) bond motifs is 1. The molecule has 0 aliphatic heterocycles. The van der Waals surface area contributed by atoms with Crippen molar-refractivity contribution in [2.24, 2.45) is 7.05 Å². The molecule has 4 heteroatoms. The number of ether oxygens (including phenoxy) is 2. The van der Waals surface area contributed by atoms with Crippen molar-refractivity contribution in [3.05, 3.63) is 59.8 Å². The maximum Gasteiger partial charge on any atom is 0.160 e. The van der Waals surface area contributed by atoms with Crippen molar-refractivity contribution < 1.29 is 9.47 Å². The monoisotopic (exact) mass is 338 g/mol. The van der Waals surface area contributed by atoms with Crippen LogP contribution in [0.2, 0.25) is 0 Å². The van der Waals surface area contributed by atoms with Gasteiger partial charge in [-0.1, -0.05) is 24.3 Å². The van der Waals surface area contributed by atoms with E-state index in [0.29, 0.717) is 6.04 Å². The van der Waals surface area contributed by atoms with Crippen molar-refractivity contribution >= 4 is 10.9 Å². The predicted molar refractivity (Wildman–Crippen MR) is 102 cm³/mol. The number of hydrogen-bond acceptors (Lipinski definition) is 3. The third-order valence-corrected chi connectivity index (χ3v) is 4.67. The highest BCUT2D eigenvalue weighted by molar-refractivity contribution is 5.81. The molecule has 1 atom stereocenters. The molecular formula is C21H26N2O2. The molecule has 0 saturated carbocycles. The lowest BCUT2D eigenvalue weighted by Crippen LogP contribution is -2.28. The summed E-state index contributed by atoms with van der Waals surface area (Å²) in [7, 11) is 5.45. The number of benzene rings is 2. The summed E-state index contributed by atoms with van der Waals surface area (Å²) in [6.45, 7) is 3.05. The van der Waals surface area contributed by atoms with Crippen LogP contribution in [-0.2, 0) is 20.0 Å². The Labute approximate surface area is 149 Å². The van der Waals surface area contributed by atoms with Gasteiger partial charge in [-0.3, -0.25) is 0 Å². The first kappa shape index (κ1) is 17.4. The van der Waals surface area contributed by atoms with Gasteiger partial charge in [-0.15, -0.1) is 0 Å². The minimum Gasteiger partial charge on any atom is -0.493 e. The average molecular weight is 338 g/mol. The molecule has 2 aromatic carbocycles. The Balaban J connectivity index is 1.64. The van der Waals surface area contributed by atoms with Gasteiger partial charge in [0.1, 0.15) is 0 Å². The molecule has 3 aromatic rings. The molecule has 25 heavy (non-hydrogen) atoms. The lowest BCUT2D eigenvalue weighted by Gasteiger charge is -2.16. The first-order valence-corrected chi connectivity index (χ1v) is 8.60. The van der Waals surface area contributed by atoms with Crippen molar-refractivity contribution in [1.82, 2.24) is 9.88 Å². The smallest absolute Gasteiger partial charge is 0.160 e. The van der Waals surface area contributed by atoms with Gasteiger partial charge in [-0.25, -0.2) is 0 Å². The summed E-state index contributed by atoms with van der Waals surface area (Å²) in [5, 5.41) is 4.91. The standard InChI is InChI=1S/C21H26N2O2/c1-15(11-16-9-10-20(24-3)21(12-16)25-4)22-14-18-13-17-7-5-6-8-19(17)23(18)2/h5-10,12-13,15,22H,11,14H2,1-4H3. The normalized spacial score (nSPS) is 12.3. The third kappa shape index (κ3) is 3.80. The van der Waals surface area contributed by atoms with Gasteiger partial charge in [0.05, 0.1) is 14.2 Å². The summed E-state index contributed by atoms with van der Waals surface area (Å²) >= 11 is 0. The van der Waals surface area contributed by atoms with Gasteiger partial charge in [-0.05, 0) is 48.6 Å². The molecule has 0 amide bonds. The van der Waals surface area contributed by atoms with E-state index >= 15 is 0 Å². The van der Waals surface area contributed by atoms with Crippen molar-refractivity contribution in [2.75, 3.05) is 14.2 Å². The summed E-state index contributed by atoms with van der Waals surface area (Å²) < 4.78 is 12.9. The first-order valence-electron chi connectivity index (χ1n) is 8.60. The predicted octanol–water partition coefficient (Wildman–Crippen LogP) is 3.92. The number of rotatable bonds is 7. The molecule has 1 heterocycles. The van der Waals surface area contributed by atoms with Crippen LogP contribution in [0, 0.1) is 0 Å². The fourth-order valence-corrected chi connectivity index (χ4v) is 3.23. The molecule has 0 saturated heterocycles. The number of nitrogens with one attached hydrogen (secondary N) is 1. The average Bonchev–Trinajstić information content (AvgIpc) is 2.96. The quantitative estimate of drug-likeness (QED) is 0.709. The highest BCUT2D eigenvalue weighted by atomic mass is 16.5. The van der Waals surface area contributed by atoms with Gasteiger partial charge < -0.3 is 19.4 Å². The van der Waals surface area contributed by atoms with Crippen molar-refractivity contribution in [2.45, 2.75) is 25.9 Å². The van der Waals surface area contributed by atoms with E-state index in [0.717, 1.165) is 24.5 Å². The topological polar surface area (TPSA) is 35.4 Å². The molecule has 0 radical (unpaired) electrons. The Hall–Kier alpha value is -2.46. The molecule has 0 bridgehead atoms. The molecule has 1 unspecified atom stereocenters. The zero-order chi connectivity index (χ0) is 17.8. The Morgan fingerprint density at radius 1 is 1.00 bits per heavy atom. The van der Waals surface area contributed by atoms with Gasteiger partial charge in [0, 0.05) is 30.8 Å². The van der Waals surface area contributed by atoms with E-state index in [1.165, 1.54) is 22.2 Å². The van der Waals surface area contributed by atoms with Gasteiger partial charge >= 0.3 is 0 Å². The fraction of sp³-hybridized carbons (Fsp3) is 0.333. The summed E-state index contributed by atoms with van der Waals surface area (Å²) in [6.07, 6.45) is 0.935. The first-order chi connectivity index (χ1) is 12.1. The van der Waals surface area contributed by atoms with Crippen LogP contribution in [0.3, 0.4) is 0 Å².